The predicted octanol–water partition coefficient (Wildman–Crippen LogP) is 1.98. The Bertz CT molecular complexity index is 487. The standard InChI is InChI=1S/C11H15BrN2O2S/c1-17(15,16)14-6-2-3-9(8-14)11-5-4-10(12)7-13-11/h4-5,7,9H,2-3,6,8H2,1H3/t9-/m0/s1. The van der Waals surface area contributed by atoms with Crippen LogP contribution in [0.2, 0.25) is 0 Å². The SMILES string of the molecule is CS(=O)(=O)N1CCC[C@H](c2ccc(Br)cn2)C1. The van der Waals surface area contributed by atoms with E-state index in [4.69, 9.17) is 0 Å². The van der Waals surface area contributed by atoms with Gasteiger partial charge in [-0.2, -0.15) is 0 Å². The van der Waals surface area contributed by atoms with Gasteiger partial charge in [0.1, 0.15) is 0 Å². The van der Waals surface area contributed by atoms with E-state index in [2.05, 4.69) is 20.9 Å². The monoisotopic (exact) mass is 318 g/mol. The van der Waals surface area contributed by atoms with Crippen molar-refractivity contribution < 1.29 is 8.42 Å². The Morgan fingerprint density at radius 2 is 2.24 bits per heavy atom. The third-order valence-corrected chi connectivity index (χ3v) is 4.76. The van der Waals surface area contributed by atoms with Crippen LogP contribution in [0, 0.1) is 0 Å². The van der Waals surface area contributed by atoms with Gasteiger partial charge in [-0.15, -0.1) is 0 Å². The van der Waals surface area contributed by atoms with Gasteiger partial charge >= 0.3 is 0 Å². The number of aromatic nitrogens is 1. The number of piperidine rings is 1. The highest BCUT2D eigenvalue weighted by molar-refractivity contribution is 9.10. The lowest BCUT2D eigenvalue weighted by atomic mass is 9.96. The summed E-state index contributed by atoms with van der Waals surface area (Å²) in [5.41, 5.74) is 0.974. The first-order chi connectivity index (χ1) is 7.97. The van der Waals surface area contributed by atoms with Crippen molar-refractivity contribution in [1.82, 2.24) is 9.29 Å². The second kappa shape index (κ2) is 5.04. The van der Waals surface area contributed by atoms with Crippen LogP contribution in [0.5, 0.6) is 0 Å². The second-order valence-corrected chi connectivity index (χ2v) is 7.26. The smallest absolute Gasteiger partial charge is 0.211 e. The number of nitrogens with zero attached hydrogens (tertiary/aromatic N) is 2. The average Bonchev–Trinajstić information content (AvgIpc) is 2.29. The maximum Gasteiger partial charge on any atom is 0.211 e. The van der Waals surface area contributed by atoms with Gasteiger partial charge in [-0.25, -0.2) is 12.7 Å². The van der Waals surface area contributed by atoms with Crippen molar-refractivity contribution >= 4 is 26.0 Å². The summed E-state index contributed by atoms with van der Waals surface area (Å²) in [6.07, 6.45) is 4.93. The van der Waals surface area contributed by atoms with Gasteiger partial charge in [-0.1, -0.05) is 0 Å². The normalized spacial score (nSPS) is 22.6. The van der Waals surface area contributed by atoms with Gasteiger partial charge in [0.05, 0.1) is 6.26 Å². The Kier molecular flexibility index (Phi) is 3.85. The summed E-state index contributed by atoms with van der Waals surface area (Å²) in [6, 6.07) is 3.91. The molecule has 0 unspecified atom stereocenters. The van der Waals surface area contributed by atoms with Crippen LogP contribution in [0.4, 0.5) is 0 Å². The first-order valence-electron chi connectivity index (χ1n) is 5.53. The van der Waals surface area contributed by atoms with Gasteiger partial charge in [0.2, 0.25) is 10.0 Å². The molecule has 0 aromatic carbocycles. The Hall–Kier alpha value is -0.460. The van der Waals surface area contributed by atoms with Gasteiger partial charge < -0.3 is 0 Å². The third-order valence-electron chi connectivity index (χ3n) is 3.02. The predicted molar refractivity (Wildman–Crippen MR) is 70.3 cm³/mol. The van der Waals surface area contributed by atoms with Crippen LogP contribution in [-0.4, -0.2) is 37.1 Å². The van der Waals surface area contributed by atoms with Gasteiger partial charge in [0.25, 0.3) is 0 Å². The molecule has 1 aliphatic heterocycles. The number of halogens is 1. The molecule has 0 spiro atoms. The van der Waals surface area contributed by atoms with Crippen molar-refractivity contribution in [3.63, 3.8) is 0 Å². The van der Waals surface area contributed by atoms with E-state index in [0.717, 1.165) is 23.0 Å². The Morgan fingerprint density at radius 3 is 2.82 bits per heavy atom. The molecule has 0 bridgehead atoms. The summed E-state index contributed by atoms with van der Waals surface area (Å²) >= 11 is 3.34. The zero-order valence-electron chi connectivity index (χ0n) is 9.63. The summed E-state index contributed by atoms with van der Waals surface area (Å²) < 4.78 is 25.5. The van der Waals surface area contributed by atoms with E-state index in [9.17, 15) is 8.42 Å². The van der Waals surface area contributed by atoms with Crippen LogP contribution in [0.15, 0.2) is 22.8 Å². The molecule has 2 heterocycles. The minimum atomic E-state index is -3.08. The molecule has 1 saturated heterocycles. The molecule has 0 saturated carbocycles. The lowest BCUT2D eigenvalue weighted by Crippen LogP contribution is -2.38. The number of hydrogen-bond acceptors (Lipinski definition) is 3. The molecule has 1 atom stereocenters. The van der Waals surface area contributed by atoms with Crippen LogP contribution in [0.25, 0.3) is 0 Å². The van der Waals surface area contributed by atoms with Crippen molar-refractivity contribution in [2.45, 2.75) is 18.8 Å². The molecule has 0 amide bonds. The summed E-state index contributed by atoms with van der Waals surface area (Å²) in [5, 5.41) is 0. The van der Waals surface area contributed by atoms with Crippen molar-refractivity contribution in [3.05, 3.63) is 28.5 Å². The van der Waals surface area contributed by atoms with E-state index in [1.807, 2.05) is 12.1 Å². The molecule has 17 heavy (non-hydrogen) atoms. The molecule has 0 N–H and O–H groups in total. The largest absolute Gasteiger partial charge is 0.260 e. The zero-order valence-corrected chi connectivity index (χ0v) is 12.0. The van der Waals surface area contributed by atoms with E-state index in [-0.39, 0.29) is 5.92 Å². The first-order valence-corrected chi connectivity index (χ1v) is 8.17. The Labute approximate surface area is 110 Å². The molecule has 94 valence electrons. The fourth-order valence-electron chi connectivity index (χ4n) is 2.11. The molecule has 4 nitrogen and oxygen atoms in total. The number of pyridine rings is 1. The van der Waals surface area contributed by atoms with Crippen LogP contribution >= 0.6 is 15.9 Å². The minimum absolute atomic E-state index is 0.214. The fourth-order valence-corrected chi connectivity index (χ4v) is 3.26. The van der Waals surface area contributed by atoms with Crippen molar-refractivity contribution in [2.24, 2.45) is 0 Å². The van der Waals surface area contributed by atoms with Crippen LogP contribution in [-0.2, 0) is 10.0 Å². The number of rotatable bonds is 2. The highest BCUT2D eigenvalue weighted by atomic mass is 79.9. The second-order valence-electron chi connectivity index (χ2n) is 4.36. The van der Waals surface area contributed by atoms with E-state index in [1.165, 1.54) is 6.26 Å². The first kappa shape index (κ1) is 13.0. The van der Waals surface area contributed by atoms with E-state index < -0.39 is 10.0 Å². The molecule has 0 aliphatic carbocycles. The Balaban J connectivity index is 2.15. The maximum absolute atomic E-state index is 11.5. The van der Waals surface area contributed by atoms with Crippen molar-refractivity contribution in [3.8, 4) is 0 Å². The molecule has 0 radical (unpaired) electrons. The van der Waals surface area contributed by atoms with Crippen LogP contribution < -0.4 is 0 Å². The molecule has 1 fully saturated rings. The molecule has 2 rings (SSSR count). The summed E-state index contributed by atoms with van der Waals surface area (Å²) in [6.45, 7) is 1.18. The van der Waals surface area contributed by atoms with Crippen molar-refractivity contribution in [1.29, 1.82) is 0 Å². The molecule has 1 aromatic heterocycles. The highest BCUT2D eigenvalue weighted by Gasteiger charge is 2.27. The maximum atomic E-state index is 11.5. The van der Waals surface area contributed by atoms with Crippen LogP contribution in [0.1, 0.15) is 24.5 Å². The summed E-state index contributed by atoms with van der Waals surface area (Å²) in [5.74, 6) is 0.214. The molecular formula is C11H15BrN2O2S. The molecule has 1 aromatic rings. The summed E-state index contributed by atoms with van der Waals surface area (Å²) in [7, 11) is -3.08. The molecule has 1 aliphatic rings. The third kappa shape index (κ3) is 3.26. The molecular weight excluding hydrogens is 304 g/mol. The van der Waals surface area contributed by atoms with Gasteiger partial charge in [0, 0.05) is 35.4 Å². The van der Waals surface area contributed by atoms with Gasteiger partial charge in [0.15, 0.2) is 0 Å². The number of hydrogen-bond donors (Lipinski definition) is 0. The van der Waals surface area contributed by atoms with Crippen LogP contribution in [0.3, 0.4) is 0 Å². The summed E-state index contributed by atoms with van der Waals surface area (Å²) in [4.78, 5) is 4.35. The van der Waals surface area contributed by atoms with E-state index in [1.54, 1.807) is 10.5 Å². The van der Waals surface area contributed by atoms with Crippen molar-refractivity contribution in [2.75, 3.05) is 19.3 Å². The fraction of sp³-hybridized carbons (Fsp3) is 0.545. The van der Waals surface area contributed by atoms with Gasteiger partial charge in [-0.3, -0.25) is 4.98 Å². The minimum Gasteiger partial charge on any atom is -0.260 e. The quantitative estimate of drug-likeness (QED) is 0.837. The Morgan fingerprint density at radius 1 is 1.47 bits per heavy atom. The van der Waals surface area contributed by atoms with E-state index >= 15 is 0 Å². The lowest BCUT2D eigenvalue weighted by molar-refractivity contribution is 0.314. The van der Waals surface area contributed by atoms with E-state index in [0.29, 0.717) is 13.1 Å². The zero-order chi connectivity index (χ0) is 12.5. The topological polar surface area (TPSA) is 50.3 Å². The van der Waals surface area contributed by atoms with Gasteiger partial charge in [-0.05, 0) is 40.9 Å². The number of sulfonamides is 1. The average molecular weight is 319 g/mol. The molecule has 6 heteroatoms. The highest BCUT2D eigenvalue weighted by Crippen LogP contribution is 2.27. The lowest BCUT2D eigenvalue weighted by Gasteiger charge is -2.30.